The third kappa shape index (κ3) is 2.66. The Morgan fingerprint density at radius 3 is 2.77 bits per heavy atom. The van der Waals surface area contributed by atoms with Crippen molar-refractivity contribution in [3.05, 3.63) is 29.6 Å². The molecule has 68 valence electrons. The number of carboxylic acid groups (broad SMARTS) is 1. The second-order valence-electron chi connectivity index (χ2n) is 2.73. The van der Waals surface area contributed by atoms with Crippen LogP contribution in [0, 0.1) is 6.92 Å². The molecule has 0 saturated heterocycles. The molecule has 0 amide bonds. The molecule has 13 heavy (non-hydrogen) atoms. The Bertz CT molecular complexity index is 346. The van der Waals surface area contributed by atoms with E-state index < -0.39 is 11.8 Å². The van der Waals surface area contributed by atoms with Crippen molar-refractivity contribution in [3.8, 4) is 0 Å². The number of ketones is 1. The zero-order chi connectivity index (χ0) is 9.84. The van der Waals surface area contributed by atoms with E-state index in [1.807, 2.05) is 6.92 Å². The van der Waals surface area contributed by atoms with Gasteiger partial charge in [-0.1, -0.05) is 0 Å². The van der Waals surface area contributed by atoms with Crippen molar-refractivity contribution < 1.29 is 14.7 Å². The number of hydrogen-bond acceptors (Lipinski definition) is 3. The molecule has 0 saturated carbocycles. The van der Waals surface area contributed by atoms with Crippen LogP contribution in [0.5, 0.6) is 0 Å². The molecule has 1 aromatic heterocycles. The summed E-state index contributed by atoms with van der Waals surface area (Å²) in [5, 5.41) is 8.34. The van der Waals surface area contributed by atoms with E-state index in [1.54, 1.807) is 18.3 Å². The lowest BCUT2D eigenvalue weighted by atomic mass is 10.1. The predicted octanol–water partition coefficient (Wildman–Crippen LogP) is 0.586. The summed E-state index contributed by atoms with van der Waals surface area (Å²) in [6, 6.07) is 3.48. The zero-order valence-electron chi connectivity index (χ0n) is 7.15. The molecule has 1 N–H and O–H groups in total. The van der Waals surface area contributed by atoms with Gasteiger partial charge in [-0.2, -0.15) is 0 Å². The average molecular weight is 179 g/mol. The number of hydrogen-bond donors (Lipinski definition) is 1. The van der Waals surface area contributed by atoms with Crippen molar-refractivity contribution in [1.82, 2.24) is 4.98 Å². The maximum absolute atomic E-state index is 10.8. The number of rotatable bonds is 3. The Morgan fingerprint density at radius 2 is 2.23 bits per heavy atom. The summed E-state index contributed by atoms with van der Waals surface area (Å²) in [5.41, 5.74) is 1.45. The van der Waals surface area contributed by atoms with E-state index in [0.29, 0.717) is 5.69 Å². The van der Waals surface area contributed by atoms with E-state index in [9.17, 15) is 9.59 Å². The normalized spacial score (nSPS) is 9.62. The topological polar surface area (TPSA) is 67.3 Å². The van der Waals surface area contributed by atoms with Gasteiger partial charge in [-0.15, -0.1) is 0 Å². The molecule has 0 spiro atoms. The Balaban J connectivity index is 2.75. The van der Waals surface area contributed by atoms with Gasteiger partial charge in [0.05, 0.1) is 6.42 Å². The molecule has 1 heterocycles. The van der Waals surface area contributed by atoms with Gasteiger partial charge in [-0.25, -0.2) is 4.79 Å². The number of carbonyl (C=O) groups is 2. The van der Waals surface area contributed by atoms with Crippen molar-refractivity contribution >= 4 is 11.8 Å². The molecule has 0 atom stereocenters. The van der Waals surface area contributed by atoms with Gasteiger partial charge in [-0.05, 0) is 24.6 Å². The highest BCUT2D eigenvalue weighted by Crippen LogP contribution is 2.01. The van der Waals surface area contributed by atoms with E-state index in [2.05, 4.69) is 4.98 Å². The molecule has 0 aromatic carbocycles. The molecule has 0 radical (unpaired) electrons. The van der Waals surface area contributed by atoms with Crippen LogP contribution in [-0.2, 0) is 16.0 Å². The van der Waals surface area contributed by atoms with Gasteiger partial charge in [0, 0.05) is 11.9 Å². The molecule has 0 aliphatic heterocycles. The second-order valence-corrected chi connectivity index (χ2v) is 2.73. The number of aromatic nitrogens is 1. The molecular formula is C9H9NO3. The van der Waals surface area contributed by atoms with Crippen LogP contribution in [0.15, 0.2) is 18.3 Å². The standard InChI is InChI=1S/C9H9NO3/c1-6-2-3-10-7(4-6)5-8(11)9(12)13/h2-4H,5H2,1H3,(H,12,13). The van der Waals surface area contributed by atoms with Gasteiger partial charge in [0.15, 0.2) is 0 Å². The first-order valence-electron chi connectivity index (χ1n) is 3.77. The smallest absolute Gasteiger partial charge is 0.372 e. The third-order valence-electron chi connectivity index (χ3n) is 1.55. The van der Waals surface area contributed by atoms with Gasteiger partial charge in [0.2, 0.25) is 5.78 Å². The molecule has 4 nitrogen and oxygen atoms in total. The lowest BCUT2D eigenvalue weighted by Crippen LogP contribution is -2.15. The lowest BCUT2D eigenvalue weighted by molar-refractivity contribution is -0.148. The minimum Gasteiger partial charge on any atom is -0.475 e. The quantitative estimate of drug-likeness (QED) is 0.689. The monoisotopic (exact) mass is 179 g/mol. The summed E-state index contributed by atoms with van der Waals surface area (Å²) in [4.78, 5) is 24.9. The Morgan fingerprint density at radius 1 is 1.54 bits per heavy atom. The molecule has 0 unspecified atom stereocenters. The molecule has 4 heteroatoms. The molecule has 0 aliphatic carbocycles. The van der Waals surface area contributed by atoms with Gasteiger partial charge in [-0.3, -0.25) is 9.78 Å². The van der Waals surface area contributed by atoms with Gasteiger partial charge in [0.25, 0.3) is 0 Å². The van der Waals surface area contributed by atoms with Crippen LogP contribution in [0.1, 0.15) is 11.3 Å². The van der Waals surface area contributed by atoms with E-state index in [-0.39, 0.29) is 6.42 Å². The summed E-state index contributed by atoms with van der Waals surface area (Å²) in [6.07, 6.45) is 1.41. The van der Waals surface area contributed by atoms with Gasteiger partial charge >= 0.3 is 5.97 Å². The van der Waals surface area contributed by atoms with Crippen LogP contribution < -0.4 is 0 Å². The minimum absolute atomic E-state index is 0.142. The summed E-state index contributed by atoms with van der Waals surface area (Å²) in [6.45, 7) is 1.86. The van der Waals surface area contributed by atoms with Gasteiger partial charge < -0.3 is 5.11 Å². The van der Waals surface area contributed by atoms with E-state index >= 15 is 0 Å². The summed E-state index contributed by atoms with van der Waals surface area (Å²) >= 11 is 0. The maximum atomic E-state index is 10.8. The maximum Gasteiger partial charge on any atom is 0.372 e. The number of nitrogens with zero attached hydrogens (tertiary/aromatic N) is 1. The lowest BCUT2D eigenvalue weighted by Gasteiger charge is -1.97. The van der Waals surface area contributed by atoms with Crippen LogP contribution in [-0.4, -0.2) is 21.8 Å². The first kappa shape index (κ1) is 9.38. The number of carbonyl (C=O) groups excluding carboxylic acids is 1. The van der Waals surface area contributed by atoms with Crippen molar-refractivity contribution in [2.24, 2.45) is 0 Å². The predicted molar refractivity (Wildman–Crippen MR) is 45.3 cm³/mol. The van der Waals surface area contributed by atoms with Crippen molar-refractivity contribution in [2.75, 3.05) is 0 Å². The van der Waals surface area contributed by atoms with Crippen LogP contribution in [0.4, 0.5) is 0 Å². The first-order chi connectivity index (χ1) is 6.09. The summed E-state index contributed by atoms with van der Waals surface area (Å²) in [5.74, 6) is -2.25. The number of carboxylic acids is 1. The fourth-order valence-corrected chi connectivity index (χ4v) is 0.936. The number of aryl methyl sites for hydroxylation is 1. The molecule has 0 fully saturated rings. The van der Waals surface area contributed by atoms with Crippen LogP contribution >= 0.6 is 0 Å². The second kappa shape index (κ2) is 3.80. The Hall–Kier alpha value is -1.71. The Kier molecular flexibility index (Phi) is 2.74. The number of aliphatic carboxylic acids is 1. The largest absolute Gasteiger partial charge is 0.475 e. The summed E-state index contributed by atoms with van der Waals surface area (Å²) < 4.78 is 0. The van der Waals surface area contributed by atoms with Crippen molar-refractivity contribution in [3.63, 3.8) is 0 Å². The fraction of sp³-hybridized carbons (Fsp3) is 0.222. The average Bonchev–Trinajstić information content (AvgIpc) is 2.04. The summed E-state index contributed by atoms with van der Waals surface area (Å²) in [7, 11) is 0. The van der Waals surface area contributed by atoms with Crippen LogP contribution in [0.3, 0.4) is 0 Å². The third-order valence-corrected chi connectivity index (χ3v) is 1.55. The van der Waals surface area contributed by atoms with E-state index in [1.165, 1.54) is 0 Å². The van der Waals surface area contributed by atoms with Crippen molar-refractivity contribution in [2.45, 2.75) is 13.3 Å². The highest BCUT2D eigenvalue weighted by molar-refractivity contribution is 6.33. The van der Waals surface area contributed by atoms with Crippen molar-refractivity contribution in [1.29, 1.82) is 0 Å². The highest BCUT2D eigenvalue weighted by atomic mass is 16.4. The molecule has 1 rings (SSSR count). The minimum atomic E-state index is -1.41. The van der Waals surface area contributed by atoms with E-state index in [0.717, 1.165) is 5.56 Å². The van der Waals surface area contributed by atoms with Crippen LogP contribution in [0.2, 0.25) is 0 Å². The molecule has 1 aromatic rings. The number of pyridine rings is 1. The zero-order valence-corrected chi connectivity index (χ0v) is 7.15. The first-order valence-corrected chi connectivity index (χ1v) is 3.77. The molecule has 0 bridgehead atoms. The van der Waals surface area contributed by atoms with Crippen LogP contribution in [0.25, 0.3) is 0 Å². The SMILES string of the molecule is Cc1ccnc(CC(=O)C(=O)O)c1. The molecule has 0 aliphatic rings. The number of Topliss-reactive ketones (excluding diaryl/α,β-unsaturated/α-hetero) is 1. The Labute approximate surface area is 75.2 Å². The highest BCUT2D eigenvalue weighted by Gasteiger charge is 2.12. The fourth-order valence-electron chi connectivity index (χ4n) is 0.936. The van der Waals surface area contributed by atoms with E-state index in [4.69, 9.17) is 5.11 Å². The van der Waals surface area contributed by atoms with Gasteiger partial charge in [0.1, 0.15) is 0 Å². The molecular weight excluding hydrogens is 170 g/mol.